The lowest BCUT2D eigenvalue weighted by Crippen LogP contribution is -2.52. The summed E-state index contributed by atoms with van der Waals surface area (Å²) in [5.41, 5.74) is 0. The lowest BCUT2D eigenvalue weighted by Gasteiger charge is -2.33. The zero-order valence-electron chi connectivity index (χ0n) is 13.8. The SMILES string of the molecule is CCOCC(NS(=O)(=O)N1CCCC(CNC)C1)C(C)C. The second-order valence-corrected chi connectivity index (χ2v) is 7.76. The molecule has 0 radical (unpaired) electrons. The fourth-order valence-electron chi connectivity index (χ4n) is 2.57. The minimum atomic E-state index is -3.43. The summed E-state index contributed by atoms with van der Waals surface area (Å²) in [7, 11) is -1.53. The molecule has 126 valence electrons. The van der Waals surface area contributed by atoms with Gasteiger partial charge in [-0.3, -0.25) is 0 Å². The fraction of sp³-hybridized carbons (Fsp3) is 1.00. The third-order valence-corrected chi connectivity index (χ3v) is 5.53. The Bertz CT molecular complexity index is 385. The lowest BCUT2D eigenvalue weighted by atomic mass is 10.00. The quantitative estimate of drug-likeness (QED) is 0.659. The molecule has 0 aromatic carbocycles. The first-order chi connectivity index (χ1) is 9.90. The van der Waals surface area contributed by atoms with E-state index in [0.717, 1.165) is 19.4 Å². The highest BCUT2D eigenvalue weighted by Crippen LogP contribution is 2.18. The molecule has 1 fully saturated rings. The normalized spacial score (nSPS) is 22.6. The van der Waals surface area contributed by atoms with E-state index in [4.69, 9.17) is 4.74 Å². The van der Waals surface area contributed by atoms with Gasteiger partial charge in [0.05, 0.1) is 6.61 Å². The van der Waals surface area contributed by atoms with Gasteiger partial charge >= 0.3 is 0 Å². The molecule has 6 nitrogen and oxygen atoms in total. The van der Waals surface area contributed by atoms with E-state index in [0.29, 0.717) is 32.2 Å². The second-order valence-electron chi connectivity index (χ2n) is 6.06. The van der Waals surface area contributed by atoms with Crippen molar-refractivity contribution in [2.45, 2.75) is 39.7 Å². The van der Waals surface area contributed by atoms with Gasteiger partial charge in [-0.05, 0) is 45.2 Å². The maximum Gasteiger partial charge on any atom is 0.279 e. The lowest BCUT2D eigenvalue weighted by molar-refractivity contribution is 0.115. The minimum absolute atomic E-state index is 0.181. The molecule has 1 rings (SSSR count). The first-order valence-corrected chi connectivity index (χ1v) is 9.34. The zero-order valence-corrected chi connectivity index (χ0v) is 14.6. The number of piperidine rings is 1. The number of nitrogens with one attached hydrogen (secondary N) is 2. The van der Waals surface area contributed by atoms with Crippen molar-refractivity contribution >= 4 is 10.2 Å². The van der Waals surface area contributed by atoms with Gasteiger partial charge in [-0.25, -0.2) is 0 Å². The van der Waals surface area contributed by atoms with Crippen LogP contribution in [0.4, 0.5) is 0 Å². The molecule has 0 spiro atoms. The number of rotatable bonds is 9. The molecule has 0 saturated carbocycles. The van der Waals surface area contributed by atoms with E-state index < -0.39 is 10.2 Å². The van der Waals surface area contributed by atoms with Crippen molar-refractivity contribution in [1.29, 1.82) is 0 Å². The monoisotopic (exact) mass is 321 g/mol. The average Bonchev–Trinajstić information content (AvgIpc) is 2.44. The average molecular weight is 321 g/mol. The molecule has 0 aromatic heterocycles. The van der Waals surface area contributed by atoms with Gasteiger partial charge in [0.15, 0.2) is 0 Å². The molecule has 2 atom stereocenters. The topological polar surface area (TPSA) is 70.7 Å². The van der Waals surface area contributed by atoms with E-state index in [9.17, 15) is 8.42 Å². The first-order valence-electron chi connectivity index (χ1n) is 7.90. The Morgan fingerprint density at radius 1 is 1.38 bits per heavy atom. The van der Waals surface area contributed by atoms with Crippen LogP contribution in [0.25, 0.3) is 0 Å². The van der Waals surface area contributed by atoms with Crippen molar-refractivity contribution in [3.05, 3.63) is 0 Å². The Labute approximate surface area is 129 Å². The van der Waals surface area contributed by atoms with Crippen molar-refractivity contribution in [3.8, 4) is 0 Å². The van der Waals surface area contributed by atoms with Gasteiger partial charge in [0, 0.05) is 25.7 Å². The summed E-state index contributed by atoms with van der Waals surface area (Å²) in [6.07, 6.45) is 2.00. The molecule has 0 aromatic rings. The molecular formula is C14H31N3O3S. The molecule has 1 saturated heterocycles. The van der Waals surface area contributed by atoms with E-state index in [1.165, 1.54) is 0 Å². The Kier molecular flexibility index (Phi) is 8.12. The molecule has 0 aliphatic carbocycles. The molecule has 1 aliphatic heterocycles. The maximum atomic E-state index is 12.6. The molecule has 0 bridgehead atoms. The third-order valence-electron chi connectivity index (χ3n) is 3.92. The summed E-state index contributed by atoms with van der Waals surface area (Å²) in [4.78, 5) is 0. The maximum absolute atomic E-state index is 12.6. The summed E-state index contributed by atoms with van der Waals surface area (Å²) in [6.45, 7) is 9.00. The van der Waals surface area contributed by atoms with Crippen molar-refractivity contribution in [2.24, 2.45) is 11.8 Å². The summed E-state index contributed by atoms with van der Waals surface area (Å²) < 4.78 is 34.9. The van der Waals surface area contributed by atoms with Crippen molar-refractivity contribution < 1.29 is 13.2 Å². The largest absolute Gasteiger partial charge is 0.380 e. The van der Waals surface area contributed by atoms with Crippen LogP contribution >= 0.6 is 0 Å². The predicted molar refractivity (Wildman–Crippen MR) is 85.4 cm³/mol. The van der Waals surface area contributed by atoms with Crippen LogP contribution in [-0.2, 0) is 14.9 Å². The number of hydrogen-bond donors (Lipinski definition) is 2. The van der Waals surface area contributed by atoms with Gasteiger partial charge in [-0.1, -0.05) is 13.8 Å². The van der Waals surface area contributed by atoms with E-state index in [1.54, 1.807) is 4.31 Å². The molecule has 2 unspecified atom stereocenters. The molecule has 7 heteroatoms. The molecule has 1 heterocycles. The smallest absolute Gasteiger partial charge is 0.279 e. The van der Waals surface area contributed by atoms with Crippen LogP contribution < -0.4 is 10.0 Å². The highest BCUT2D eigenvalue weighted by molar-refractivity contribution is 7.87. The van der Waals surface area contributed by atoms with Gasteiger partial charge < -0.3 is 10.1 Å². The van der Waals surface area contributed by atoms with Crippen LogP contribution in [0, 0.1) is 11.8 Å². The molecular weight excluding hydrogens is 290 g/mol. The molecule has 1 aliphatic rings. The number of ether oxygens (including phenoxy) is 1. The van der Waals surface area contributed by atoms with Crippen molar-refractivity contribution in [3.63, 3.8) is 0 Å². The van der Waals surface area contributed by atoms with E-state index in [2.05, 4.69) is 10.0 Å². The standard InChI is InChI=1S/C14H31N3O3S/c1-5-20-11-14(12(2)3)16-21(18,19)17-8-6-7-13(10-17)9-15-4/h12-16H,5-11H2,1-4H3. The summed E-state index contributed by atoms with van der Waals surface area (Å²) >= 11 is 0. The molecule has 2 N–H and O–H groups in total. The highest BCUT2D eigenvalue weighted by atomic mass is 32.2. The molecule has 21 heavy (non-hydrogen) atoms. The second kappa shape index (κ2) is 9.05. The van der Waals surface area contributed by atoms with Crippen LogP contribution in [0.15, 0.2) is 0 Å². The Morgan fingerprint density at radius 2 is 2.10 bits per heavy atom. The Morgan fingerprint density at radius 3 is 2.67 bits per heavy atom. The summed E-state index contributed by atoms with van der Waals surface area (Å²) in [5, 5.41) is 3.13. The van der Waals surface area contributed by atoms with Crippen LogP contribution in [0.3, 0.4) is 0 Å². The molecule has 0 amide bonds. The summed E-state index contributed by atoms with van der Waals surface area (Å²) in [5.74, 6) is 0.592. The van der Waals surface area contributed by atoms with Crippen LogP contribution in [0.1, 0.15) is 33.6 Å². The van der Waals surface area contributed by atoms with Crippen molar-refractivity contribution in [1.82, 2.24) is 14.3 Å². The third kappa shape index (κ3) is 6.20. The number of hydrogen-bond acceptors (Lipinski definition) is 4. The van der Waals surface area contributed by atoms with Crippen LogP contribution in [-0.4, -0.2) is 58.7 Å². The fourth-order valence-corrected chi connectivity index (χ4v) is 4.22. The first kappa shape index (κ1) is 18.8. The van der Waals surface area contributed by atoms with Crippen molar-refractivity contribution in [2.75, 3.05) is 39.9 Å². The van der Waals surface area contributed by atoms with Gasteiger partial charge in [-0.2, -0.15) is 17.4 Å². The van der Waals surface area contributed by atoms with Crippen LogP contribution in [0.2, 0.25) is 0 Å². The zero-order chi connectivity index (χ0) is 15.9. The highest BCUT2D eigenvalue weighted by Gasteiger charge is 2.31. The Hall–Kier alpha value is -0.210. The van der Waals surface area contributed by atoms with E-state index in [-0.39, 0.29) is 12.0 Å². The Balaban J connectivity index is 2.65. The van der Waals surface area contributed by atoms with Gasteiger partial charge in [0.1, 0.15) is 0 Å². The predicted octanol–water partition coefficient (Wildman–Crippen LogP) is 0.813. The van der Waals surface area contributed by atoms with Gasteiger partial charge in [0.2, 0.25) is 0 Å². The number of nitrogens with zero attached hydrogens (tertiary/aromatic N) is 1. The minimum Gasteiger partial charge on any atom is -0.380 e. The van der Waals surface area contributed by atoms with E-state index in [1.807, 2.05) is 27.8 Å². The van der Waals surface area contributed by atoms with E-state index >= 15 is 0 Å². The van der Waals surface area contributed by atoms with Gasteiger partial charge in [-0.15, -0.1) is 0 Å². The van der Waals surface area contributed by atoms with Gasteiger partial charge in [0.25, 0.3) is 10.2 Å². The summed E-state index contributed by atoms with van der Waals surface area (Å²) in [6, 6.07) is -0.181. The van der Waals surface area contributed by atoms with Crippen LogP contribution in [0.5, 0.6) is 0 Å².